The van der Waals surface area contributed by atoms with Crippen molar-refractivity contribution in [2.24, 2.45) is 5.16 Å². The molecule has 0 spiro atoms. The van der Waals surface area contributed by atoms with Crippen molar-refractivity contribution in [1.29, 1.82) is 0 Å². The van der Waals surface area contributed by atoms with Crippen molar-refractivity contribution in [1.82, 2.24) is 19.6 Å². The number of fused-ring (bicyclic) bond motifs is 1. The molecule has 1 fully saturated rings. The van der Waals surface area contributed by atoms with E-state index in [-0.39, 0.29) is 17.4 Å². The number of β-lactam (4-membered cyclic amide) rings is 1. The Balaban J connectivity index is 1.83. The zero-order chi connectivity index (χ0) is 24.7. The molecule has 0 aliphatic carbocycles. The van der Waals surface area contributed by atoms with Crippen molar-refractivity contribution in [3.63, 3.8) is 0 Å². The van der Waals surface area contributed by atoms with Crippen LogP contribution >= 0.6 is 11.5 Å². The number of hydrogen-bond donors (Lipinski definition) is 3. The number of nitrogens with zero attached hydrogens (tertiary/aromatic N) is 4. The monoisotopic (exact) mass is 514 g/mol. The number of carbonyl (C=O) groups is 3. The third kappa shape index (κ3) is 4.40. The quantitative estimate of drug-likeness (QED) is 0.134. The molecular weight excluding hydrogens is 501 g/mol. The number of anilines is 1. The minimum Gasteiger partial charge on any atom is -0.476 e. The van der Waals surface area contributed by atoms with Crippen LogP contribution in [0.3, 0.4) is 0 Å². The molecule has 33 heavy (non-hydrogen) atoms. The van der Waals surface area contributed by atoms with Gasteiger partial charge in [-0.2, -0.15) is 30.9 Å². The zero-order valence-corrected chi connectivity index (χ0v) is 17.8. The second kappa shape index (κ2) is 8.46. The van der Waals surface area contributed by atoms with Crippen molar-refractivity contribution >= 4 is 50.3 Å². The normalized spacial score (nSPS) is 21.3. The van der Waals surface area contributed by atoms with Gasteiger partial charge in [-0.3, -0.25) is 14.5 Å². The summed E-state index contributed by atoms with van der Waals surface area (Å²) >= 11 is 0.754. The number of aliphatic carboxylic acids is 1. The molecule has 1 aromatic rings. The molecule has 1 aromatic heterocycles. The number of rotatable bonds is 7. The van der Waals surface area contributed by atoms with E-state index in [1.54, 1.807) is 0 Å². The molecule has 0 bridgehead atoms. The number of carboxylic acids is 1. The average Bonchev–Trinajstić information content (AvgIpc) is 3.14. The van der Waals surface area contributed by atoms with Crippen molar-refractivity contribution in [3.8, 4) is 0 Å². The number of hydrogen-bond acceptors (Lipinski definition) is 12. The first-order valence-corrected chi connectivity index (χ1v) is 10.8. The molecule has 14 nitrogen and oxygen atoms in total. The molecule has 0 aromatic carbocycles. The second-order valence-corrected chi connectivity index (χ2v) is 8.73. The van der Waals surface area contributed by atoms with E-state index in [0.29, 0.717) is 4.90 Å². The Hall–Kier alpha value is -3.48. The number of carbonyl (C=O) groups excluding carboxylic acids is 2. The van der Waals surface area contributed by atoms with Crippen LogP contribution < -0.4 is 11.1 Å². The van der Waals surface area contributed by atoms with Gasteiger partial charge in [-0.15, -0.1) is 0 Å². The predicted molar refractivity (Wildman–Crippen MR) is 100 cm³/mol. The van der Waals surface area contributed by atoms with Crippen LogP contribution in [-0.2, 0) is 33.5 Å². The number of amides is 2. The van der Waals surface area contributed by atoms with E-state index in [9.17, 15) is 41.1 Å². The second-order valence-electron chi connectivity index (χ2n) is 6.40. The summed E-state index contributed by atoms with van der Waals surface area (Å²) in [6.45, 7) is 0. The van der Waals surface area contributed by atoms with Gasteiger partial charge in [0.1, 0.15) is 13.2 Å². The fourth-order valence-corrected chi connectivity index (χ4v) is 4.06. The summed E-state index contributed by atoms with van der Waals surface area (Å²) in [5, 5.41) is 15.1. The lowest BCUT2D eigenvalue weighted by Gasteiger charge is -2.49. The number of nitrogens with two attached hydrogens (primary N) is 1. The molecule has 2 atom stereocenters. The molecule has 0 saturated carbocycles. The largest absolute Gasteiger partial charge is 0.534 e. The van der Waals surface area contributed by atoms with E-state index in [0.717, 1.165) is 18.6 Å². The number of allylic oxidation sites excluding steroid dienone is 1. The number of carboxylic acid groups (broad SMARTS) is 1. The summed E-state index contributed by atoms with van der Waals surface area (Å²) in [5.41, 5.74) is -1.86. The van der Waals surface area contributed by atoms with Crippen LogP contribution in [0.25, 0.3) is 0 Å². The molecule has 0 radical (unpaired) electrons. The number of aromatic nitrogens is 2. The minimum absolute atomic E-state index is 0.0114. The first kappa shape index (κ1) is 24.2. The van der Waals surface area contributed by atoms with Gasteiger partial charge in [-0.1, -0.05) is 5.16 Å². The number of nitrogen functional groups attached to an aromatic ring is 1. The molecule has 4 N–H and O–H groups in total. The van der Waals surface area contributed by atoms with Gasteiger partial charge in [0.25, 0.3) is 11.8 Å². The number of halogens is 3. The first-order chi connectivity index (χ1) is 15.3. The highest BCUT2D eigenvalue weighted by Gasteiger charge is 2.56. The lowest BCUT2D eigenvalue weighted by atomic mass is 9.85. The van der Waals surface area contributed by atoms with Crippen LogP contribution in [0.15, 0.2) is 16.6 Å². The maximum absolute atomic E-state index is 12.6. The van der Waals surface area contributed by atoms with E-state index >= 15 is 0 Å². The van der Waals surface area contributed by atoms with Gasteiger partial charge in [0.15, 0.2) is 16.6 Å². The third-order valence-corrected chi connectivity index (χ3v) is 5.96. The van der Waals surface area contributed by atoms with Gasteiger partial charge < -0.3 is 25.2 Å². The zero-order valence-electron chi connectivity index (χ0n) is 16.2. The van der Waals surface area contributed by atoms with Crippen LogP contribution in [0.2, 0.25) is 0 Å². The predicted octanol–water partition coefficient (Wildman–Crippen LogP) is -0.877. The summed E-state index contributed by atoms with van der Waals surface area (Å²) in [6.07, 6.45) is -0.782. The van der Waals surface area contributed by atoms with Crippen LogP contribution in [-0.4, -0.2) is 76.0 Å². The average molecular weight is 514 g/mol. The summed E-state index contributed by atoms with van der Waals surface area (Å²) in [4.78, 5) is 45.6. The third-order valence-electron chi connectivity index (χ3n) is 4.43. The van der Waals surface area contributed by atoms with E-state index in [4.69, 9.17) is 5.73 Å². The summed E-state index contributed by atoms with van der Waals surface area (Å²) < 4.78 is 68.2. The lowest BCUT2D eigenvalue weighted by molar-refractivity contribution is -0.156. The highest BCUT2D eigenvalue weighted by Crippen LogP contribution is 2.39. The standard InChI is InChI=1S/C14H13F3N6O8S2/c1-30-21-7(9-20-13(18)32-22-9)10(24)19-6-4-2-3-5(31-33(28,29)14(15,16)17)8(12(26)27)23(4)11(6)25/h4,6H,2-3H2,1H3,(H,19,24)(H,26,27)(H2,18,20,22)/b21-7-/t4?,6-/m0/s1. The Morgan fingerprint density at radius 2 is 2.06 bits per heavy atom. The van der Waals surface area contributed by atoms with Gasteiger partial charge in [0.2, 0.25) is 11.5 Å². The molecule has 3 rings (SSSR count). The van der Waals surface area contributed by atoms with Crippen molar-refractivity contribution in [2.75, 3.05) is 12.8 Å². The lowest BCUT2D eigenvalue weighted by Crippen LogP contribution is -2.72. The Morgan fingerprint density at radius 1 is 1.39 bits per heavy atom. The summed E-state index contributed by atoms with van der Waals surface area (Å²) in [5.74, 6) is -5.16. The van der Waals surface area contributed by atoms with Crippen LogP contribution in [0.4, 0.5) is 18.3 Å². The molecule has 2 aliphatic heterocycles. The van der Waals surface area contributed by atoms with Gasteiger partial charge in [0, 0.05) is 18.0 Å². The Kier molecular flexibility index (Phi) is 6.20. The Bertz CT molecular complexity index is 1180. The van der Waals surface area contributed by atoms with E-state index in [2.05, 4.69) is 28.9 Å². The molecule has 19 heteroatoms. The highest BCUT2D eigenvalue weighted by molar-refractivity contribution is 7.87. The van der Waals surface area contributed by atoms with E-state index in [1.165, 1.54) is 0 Å². The molecule has 2 aliphatic rings. The Labute approximate surface area is 186 Å². The number of alkyl halides is 3. The fourth-order valence-electron chi connectivity index (χ4n) is 3.11. The van der Waals surface area contributed by atoms with E-state index < -0.39 is 69.1 Å². The highest BCUT2D eigenvalue weighted by atomic mass is 32.2. The van der Waals surface area contributed by atoms with Crippen LogP contribution in [0.1, 0.15) is 18.7 Å². The maximum atomic E-state index is 12.6. The van der Waals surface area contributed by atoms with Gasteiger partial charge in [0.05, 0.1) is 6.04 Å². The van der Waals surface area contributed by atoms with Crippen LogP contribution in [0.5, 0.6) is 0 Å². The van der Waals surface area contributed by atoms with Gasteiger partial charge >= 0.3 is 21.6 Å². The Morgan fingerprint density at radius 3 is 2.58 bits per heavy atom. The van der Waals surface area contributed by atoms with Gasteiger partial charge in [-0.25, -0.2) is 4.79 Å². The molecule has 1 unspecified atom stereocenters. The fraction of sp³-hybridized carbons (Fsp3) is 0.429. The molecule has 2 amide bonds. The first-order valence-electron chi connectivity index (χ1n) is 8.60. The van der Waals surface area contributed by atoms with Crippen molar-refractivity contribution in [2.45, 2.75) is 30.4 Å². The van der Waals surface area contributed by atoms with Crippen molar-refractivity contribution < 1.29 is 50.1 Å². The SMILES string of the molecule is CO/N=C(\C(=O)N[C@@H]1C(=O)N2C(C(=O)O)=C(OS(=O)(=O)C(F)(F)F)CCC12)c1nsc(N)n1. The number of oxime groups is 1. The summed E-state index contributed by atoms with van der Waals surface area (Å²) in [6, 6.07) is -2.31. The summed E-state index contributed by atoms with van der Waals surface area (Å²) in [7, 11) is -5.03. The van der Waals surface area contributed by atoms with Crippen molar-refractivity contribution in [3.05, 3.63) is 17.3 Å². The van der Waals surface area contributed by atoms with E-state index in [1.807, 2.05) is 0 Å². The molecular formula is C14H13F3N6O8S2. The smallest absolute Gasteiger partial charge is 0.476 e. The maximum Gasteiger partial charge on any atom is 0.534 e. The molecule has 1 saturated heterocycles. The minimum atomic E-state index is -6.16. The molecule has 180 valence electrons. The topological polar surface area (TPSA) is 203 Å². The molecule has 3 heterocycles. The van der Waals surface area contributed by atoms with Crippen LogP contribution in [0, 0.1) is 0 Å². The number of nitrogens with one attached hydrogen (secondary N) is 1. The van der Waals surface area contributed by atoms with Gasteiger partial charge in [-0.05, 0) is 6.42 Å².